The van der Waals surface area contributed by atoms with E-state index in [9.17, 15) is 9.18 Å². The number of hydrogen-bond acceptors (Lipinski definition) is 2. The van der Waals surface area contributed by atoms with Crippen LogP contribution in [-0.4, -0.2) is 11.7 Å². The van der Waals surface area contributed by atoms with Crippen LogP contribution < -0.4 is 5.32 Å². The van der Waals surface area contributed by atoms with E-state index in [0.717, 1.165) is 10.6 Å². The molecule has 0 heterocycles. The van der Waals surface area contributed by atoms with Crippen molar-refractivity contribution in [3.05, 3.63) is 71.0 Å². The van der Waals surface area contributed by atoms with Crippen molar-refractivity contribution in [3.8, 4) is 0 Å². The number of nitrogens with one attached hydrogen (secondary N) is 1. The highest BCUT2D eigenvalue weighted by molar-refractivity contribution is 9.10. The minimum Gasteiger partial charge on any atom is -0.321 e. The molecule has 21 heavy (non-hydrogen) atoms. The zero-order valence-electron chi connectivity index (χ0n) is 11.1. The Morgan fingerprint density at radius 1 is 1.33 bits per heavy atom. The standard InChI is InChI=1S/C16H13BrFNOS/c1-2-9-21-15-6-4-3-5-14(15)19-16(20)11-7-8-12(17)13(18)10-11/h2-8,10H,1,9H2,(H,19,20). The number of halogens is 2. The average Bonchev–Trinajstić information content (AvgIpc) is 2.49. The van der Waals surface area contributed by atoms with E-state index < -0.39 is 5.82 Å². The largest absolute Gasteiger partial charge is 0.321 e. The topological polar surface area (TPSA) is 29.1 Å². The molecule has 2 aromatic rings. The van der Waals surface area contributed by atoms with Crippen molar-refractivity contribution >= 4 is 39.3 Å². The number of carbonyl (C=O) groups excluding carboxylic acids is 1. The van der Waals surface area contributed by atoms with E-state index in [2.05, 4.69) is 27.8 Å². The molecule has 1 amide bonds. The van der Waals surface area contributed by atoms with Crippen molar-refractivity contribution < 1.29 is 9.18 Å². The Hall–Kier alpha value is -1.59. The number of para-hydroxylation sites is 1. The van der Waals surface area contributed by atoms with Gasteiger partial charge < -0.3 is 5.32 Å². The summed E-state index contributed by atoms with van der Waals surface area (Å²) in [4.78, 5) is 13.1. The second-order valence-corrected chi connectivity index (χ2v) is 6.10. The lowest BCUT2D eigenvalue weighted by atomic mass is 10.2. The van der Waals surface area contributed by atoms with Crippen LogP contribution in [0, 0.1) is 5.82 Å². The van der Waals surface area contributed by atoms with Crippen LogP contribution in [0.5, 0.6) is 0 Å². The molecule has 0 aliphatic heterocycles. The number of hydrogen-bond donors (Lipinski definition) is 1. The SMILES string of the molecule is C=CCSc1ccccc1NC(=O)c1ccc(Br)c(F)c1. The van der Waals surface area contributed by atoms with Crippen LogP contribution in [0.4, 0.5) is 10.1 Å². The summed E-state index contributed by atoms with van der Waals surface area (Å²) >= 11 is 4.64. The molecule has 0 aliphatic rings. The van der Waals surface area contributed by atoms with Crippen LogP contribution in [0.2, 0.25) is 0 Å². The molecular weight excluding hydrogens is 353 g/mol. The highest BCUT2D eigenvalue weighted by atomic mass is 79.9. The zero-order chi connectivity index (χ0) is 15.2. The van der Waals surface area contributed by atoms with Gasteiger partial charge in [0.15, 0.2) is 0 Å². The van der Waals surface area contributed by atoms with E-state index in [0.29, 0.717) is 10.2 Å². The normalized spacial score (nSPS) is 10.2. The van der Waals surface area contributed by atoms with Crippen LogP contribution in [0.3, 0.4) is 0 Å². The summed E-state index contributed by atoms with van der Waals surface area (Å²) in [6.07, 6.45) is 1.80. The molecule has 0 saturated heterocycles. The zero-order valence-corrected chi connectivity index (χ0v) is 13.5. The Balaban J connectivity index is 2.19. The first-order valence-electron chi connectivity index (χ1n) is 6.21. The van der Waals surface area contributed by atoms with Gasteiger partial charge in [0.25, 0.3) is 5.91 Å². The predicted octanol–water partition coefficient (Wildman–Crippen LogP) is 5.12. The van der Waals surface area contributed by atoms with Gasteiger partial charge in [0.05, 0.1) is 10.2 Å². The highest BCUT2D eigenvalue weighted by Crippen LogP contribution is 2.27. The molecule has 5 heteroatoms. The number of rotatable bonds is 5. The summed E-state index contributed by atoms with van der Waals surface area (Å²) in [7, 11) is 0. The second kappa shape index (κ2) is 7.43. The third-order valence-electron chi connectivity index (χ3n) is 2.67. The molecule has 0 fully saturated rings. The summed E-state index contributed by atoms with van der Waals surface area (Å²) in [5, 5.41) is 2.81. The van der Waals surface area contributed by atoms with Gasteiger partial charge in [-0.1, -0.05) is 18.2 Å². The smallest absolute Gasteiger partial charge is 0.255 e. The molecule has 2 rings (SSSR count). The minimum atomic E-state index is -0.461. The van der Waals surface area contributed by atoms with Gasteiger partial charge in [-0.05, 0) is 46.3 Å². The molecule has 0 unspecified atom stereocenters. The van der Waals surface area contributed by atoms with Crippen molar-refractivity contribution in [3.63, 3.8) is 0 Å². The maximum absolute atomic E-state index is 13.5. The third-order valence-corrected chi connectivity index (χ3v) is 4.39. The van der Waals surface area contributed by atoms with Crippen molar-refractivity contribution in [2.45, 2.75) is 4.90 Å². The number of anilines is 1. The first-order valence-corrected chi connectivity index (χ1v) is 7.99. The fourth-order valence-electron chi connectivity index (χ4n) is 1.68. The summed E-state index contributed by atoms with van der Waals surface area (Å²) in [5.41, 5.74) is 0.983. The maximum Gasteiger partial charge on any atom is 0.255 e. The van der Waals surface area contributed by atoms with Gasteiger partial charge in [0.2, 0.25) is 0 Å². The Labute approximate surface area is 135 Å². The van der Waals surface area contributed by atoms with Gasteiger partial charge in [-0.15, -0.1) is 18.3 Å². The average molecular weight is 366 g/mol. The highest BCUT2D eigenvalue weighted by Gasteiger charge is 2.11. The van der Waals surface area contributed by atoms with E-state index in [1.165, 1.54) is 12.1 Å². The minimum absolute atomic E-state index is 0.277. The van der Waals surface area contributed by atoms with Crippen molar-refractivity contribution in [2.75, 3.05) is 11.1 Å². The molecular formula is C16H13BrFNOS. The number of thioether (sulfide) groups is 1. The van der Waals surface area contributed by atoms with Crippen molar-refractivity contribution in [2.24, 2.45) is 0 Å². The van der Waals surface area contributed by atoms with E-state index >= 15 is 0 Å². The van der Waals surface area contributed by atoms with Crippen LogP contribution in [-0.2, 0) is 0 Å². The molecule has 0 atom stereocenters. The lowest BCUT2D eigenvalue weighted by Crippen LogP contribution is -2.12. The van der Waals surface area contributed by atoms with Gasteiger partial charge in [0, 0.05) is 16.2 Å². The first kappa shape index (κ1) is 15.8. The fraction of sp³-hybridized carbons (Fsp3) is 0.0625. The van der Waals surface area contributed by atoms with Gasteiger partial charge >= 0.3 is 0 Å². The van der Waals surface area contributed by atoms with E-state index in [-0.39, 0.29) is 11.5 Å². The van der Waals surface area contributed by atoms with Gasteiger partial charge in [-0.2, -0.15) is 0 Å². The molecule has 0 bridgehead atoms. The van der Waals surface area contributed by atoms with Crippen LogP contribution >= 0.6 is 27.7 Å². The molecule has 0 spiro atoms. The summed E-state index contributed by atoms with van der Waals surface area (Å²) in [6, 6.07) is 11.8. The summed E-state index contributed by atoms with van der Waals surface area (Å²) < 4.78 is 13.8. The lowest BCUT2D eigenvalue weighted by molar-refractivity contribution is 0.102. The van der Waals surface area contributed by atoms with Crippen LogP contribution in [0.15, 0.2) is 64.5 Å². The molecule has 0 aromatic heterocycles. The van der Waals surface area contributed by atoms with Crippen molar-refractivity contribution in [1.82, 2.24) is 0 Å². The van der Waals surface area contributed by atoms with Gasteiger partial charge in [-0.3, -0.25) is 4.79 Å². The van der Waals surface area contributed by atoms with Crippen LogP contribution in [0.1, 0.15) is 10.4 Å². The Bertz CT molecular complexity index is 675. The molecule has 108 valence electrons. The monoisotopic (exact) mass is 365 g/mol. The quantitative estimate of drug-likeness (QED) is 0.588. The van der Waals surface area contributed by atoms with E-state index in [4.69, 9.17) is 0 Å². The molecule has 0 radical (unpaired) electrons. The Kier molecular flexibility index (Phi) is 5.59. The lowest BCUT2D eigenvalue weighted by Gasteiger charge is -2.10. The third kappa shape index (κ3) is 4.19. The summed E-state index contributed by atoms with van der Waals surface area (Å²) in [6.45, 7) is 3.68. The Morgan fingerprint density at radius 3 is 2.81 bits per heavy atom. The molecule has 0 saturated carbocycles. The number of carbonyl (C=O) groups is 1. The number of amides is 1. The van der Waals surface area contributed by atoms with Gasteiger partial charge in [-0.25, -0.2) is 4.39 Å². The summed E-state index contributed by atoms with van der Waals surface area (Å²) in [5.74, 6) is -0.0511. The predicted molar refractivity (Wildman–Crippen MR) is 89.4 cm³/mol. The second-order valence-electron chi connectivity index (χ2n) is 4.18. The Morgan fingerprint density at radius 2 is 2.10 bits per heavy atom. The molecule has 0 aliphatic carbocycles. The molecule has 1 N–H and O–H groups in total. The molecule has 2 nitrogen and oxygen atoms in total. The van der Waals surface area contributed by atoms with Gasteiger partial charge in [0.1, 0.15) is 5.82 Å². The van der Waals surface area contributed by atoms with E-state index in [1.54, 1.807) is 23.9 Å². The fourth-order valence-corrected chi connectivity index (χ4v) is 2.67. The first-order chi connectivity index (χ1) is 10.1. The van der Waals surface area contributed by atoms with Crippen LogP contribution in [0.25, 0.3) is 0 Å². The molecule has 2 aromatic carbocycles. The maximum atomic E-state index is 13.5. The van der Waals surface area contributed by atoms with Crippen molar-refractivity contribution in [1.29, 1.82) is 0 Å². The number of benzene rings is 2. The van der Waals surface area contributed by atoms with E-state index in [1.807, 2.05) is 24.3 Å².